The molecule has 6 rings (SSSR count). The van der Waals surface area contributed by atoms with Gasteiger partial charge in [-0.05, 0) is 80.5 Å². The number of aliphatic hydroxyl groups excluding tert-OH is 1. The zero-order valence-corrected chi connectivity index (χ0v) is 30.6. The van der Waals surface area contributed by atoms with Gasteiger partial charge in [-0.3, -0.25) is 9.59 Å². The van der Waals surface area contributed by atoms with Crippen LogP contribution in [0.5, 0.6) is 0 Å². The maximum absolute atomic E-state index is 14.7. The Morgan fingerprint density at radius 3 is 2.37 bits per heavy atom. The molecule has 3 aromatic carbocycles. The number of aryl methyl sites for hydroxylation is 2. The zero-order chi connectivity index (χ0) is 35.9. The third kappa shape index (κ3) is 7.89. The van der Waals surface area contributed by atoms with Gasteiger partial charge in [-0.2, -0.15) is 5.10 Å². The molecule has 1 aliphatic heterocycles. The molecule has 2 N–H and O–H groups in total. The summed E-state index contributed by atoms with van der Waals surface area (Å²) in [7, 11) is 0. The average molecular weight is 707 g/mol. The van der Waals surface area contributed by atoms with Crippen LogP contribution in [0.3, 0.4) is 0 Å². The molecule has 0 unspecified atom stereocenters. The van der Waals surface area contributed by atoms with Crippen molar-refractivity contribution >= 4 is 29.4 Å². The van der Waals surface area contributed by atoms with Crippen LogP contribution in [-0.2, 0) is 13.0 Å². The van der Waals surface area contributed by atoms with E-state index in [1.807, 2.05) is 85.5 Å². The van der Waals surface area contributed by atoms with Crippen molar-refractivity contribution in [2.24, 2.45) is 0 Å². The van der Waals surface area contributed by atoms with E-state index >= 15 is 0 Å². The number of rotatable bonds is 14. The van der Waals surface area contributed by atoms with Crippen LogP contribution in [0.2, 0.25) is 0 Å². The Morgan fingerprint density at radius 1 is 0.961 bits per heavy atom. The van der Waals surface area contributed by atoms with Gasteiger partial charge in [-0.15, -0.1) is 0 Å². The summed E-state index contributed by atoms with van der Waals surface area (Å²) in [6.07, 6.45) is 4.39. The van der Waals surface area contributed by atoms with E-state index in [4.69, 9.17) is 9.62 Å². The van der Waals surface area contributed by atoms with Gasteiger partial charge in [0.25, 0.3) is 11.8 Å². The van der Waals surface area contributed by atoms with Gasteiger partial charge in [0, 0.05) is 36.6 Å². The van der Waals surface area contributed by atoms with Crippen LogP contribution >= 0.6 is 11.9 Å². The van der Waals surface area contributed by atoms with Gasteiger partial charge in [-0.25, -0.2) is 4.68 Å². The molecule has 3 heterocycles. The number of carbonyl (C=O) groups excluding carboxylic acids is 2. The minimum Gasteiger partial charge on any atom is -0.394 e. The summed E-state index contributed by atoms with van der Waals surface area (Å²) in [6, 6.07) is 24.9. The van der Waals surface area contributed by atoms with Crippen molar-refractivity contribution in [1.82, 2.24) is 24.7 Å². The Hall–Kier alpha value is -4.87. The lowest BCUT2D eigenvalue weighted by Crippen LogP contribution is -2.46. The Balaban J connectivity index is 1.37. The van der Waals surface area contributed by atoms with Crippen molar-refractivity contribution in [1.29, 1.82) is 0 Å². The molecule has 5 aromatic rings. The zero-order valence-electron chi connectivity index (χ0n) is 29.8. The molecule has 11 heteroatoms. The Bertz CT molecular complexity index is 1960. The summed E-state index contributed by atoms with van der Waals surface area (Å²) in [4.78, 5) is 32.9. The molecule has 0 saturated carbocycles. The second-order valence-corrected chi connectivity index (χ2v) is 13.9. The van der Waals surface area contributed by atoms with Crippen molar-refractivity contribution < 1.29 is 19.2 Å². The third-order valence-corrected chi connectivity index (χ3v) is 10.4. The molecule has 0 bridgehead atoms. The number of hydrogen-bond donors (Lipinski definition) is 2. The maximum Gasteiger partial charge on any atom is 0.274 e. The lowest BCUT2D eigenvalue weighted by molar-refractivity contribution is 0.0544. The highest BCUT2D eigenvalue weighted by Gasteiger charge is 2.32. The molecule has 0 spiro atoms. The summed E-state index contributed by atoms with van der Waals surface area (Å²) in [5.41, 5.74) is 6.60. The summed E-state index contributed by atoms with van der Waals surface area (Å²) < 4.78 is 10.7. The fourth-order valence-electron chi connectivity index (χ4n) is 6.47. The average Bonchev–Trinajstić information content (AvgIpc) is 3.74. The van der Waals surface area contributed by atoms with Crippen molar-refractivity contribution in [3.63, 3.8) is 0 Å². The molecule has 266 valence electrons. The van der Waals surface area contributed by atoms with Gasteiger partial charge in [-0.1, -0.05) is 86.4 Å². The SMILES string of the molecule is CCCCN(CCCC)C(=O)c1cc(C)n(-c2ccc(NSc3c(-c4ccccc4)noc3C)cc2C(=O)N2Cc3ccccc3C[C@H]2CO)n1. The number of nitrogens with one attached hydrogen (secondary N) is 1. The minimum absolute atomic E-state index is 0.104. The second-order valence-electron chi connectivity index (χ2n) is 13.0. The van der Waals surface area contributed by atoms with E-state index < -0.39 is 0 Å². The maximum atomic E-state index is 14.7. The first-order chi connectivity index (χ1) is 24.8. The number of carbonyl (C=O) groups is 2. The molecule has 0 saturated heterocycles. The number of amides is 2. The van der Waals surface area contributed by atoms with Gasteiger partial charge in [0.1, 0.15) is 11.5 Å². The number of aromatic nitrogens is 3. The number of fused-ring (bicyclic) bond motifs is 1. The van der Waals surface area contributed by atoms with Crippen LogP contribution in [0.1, 0.15) is 83.0 Å². The predicted octanol–water partition coefficient (Wildman–Crippen LogP) is 7.87. The first kappa shape index (κ1) is 35.9. The van der Waals surface area contributed by atoms with Crippen molar-refractivity contribution in [3.05, 3.63) is 113 Å². The van der Waals surface area contributed by atoms with Crippen LogP contribution in [-0.4, -0.2) is 67.4 Å². The number of nitrogens with zero attached hydrogens (tertiary/aromatic N) is 5. The topological polar surface area (TPSA) is 117 Å². The fraction of sp³-hybridized carbons (Fsp3) is 0.350. The number of benzene rings is 3. The minimum atomic E-state index is -0.388. The second kappa shape index (κ2) is 16.4. The number of hydrogen-bond acceptors (Lipinski definition) is 8. The molecule has 2 amide bonds. The summed E-state index contributed by atoms with van der Waals surface area (Å²) in [5, 5.41) is 19.6. The molecule has 10 nitrogen and oxygen atoms in total. The lowest BCUT2D eigenvalue weighted by Gasteiger charge is -2.36. The molecule has 0 aliphatic carbocycles. The Kier molecular flexibility index (Phi) is 11.6. The molecule has 0 fully saturated rings. The highest BCUT2D eigenvalue weighted by Crippen LogP contribution is 2.35. The number of unbranched alkanes of at least 4 members (excludes halogenated alkanes) is 2. The molecule has 0 radical (unpaired) electrons. The van der Waals surface area contributed by atoms with E-state index in [2.05, 4.69) is 29.8 Å². The van der Waals surface area contributed by atoms with Crippen LogP contribution in [0.15, 0.2) is 88.3 Å². The molecular formula is C40H46N6O4S. The fourth-order valence-corrected chi connectivity index (χ4v) is 7.25. The third-order valence-electron chi connectivity index (χ3n) is 9.37. The van der Waals surface area contributed by atoms with Gasteiger partial charge >= 0.3 is 0 Å². The van der Waals surface area contributed by atoms with Gasteiger partial charge in [0.15, 0.2) is 5.69 Å². The van der Waals surface area contributed by atoms with Crippen LogP contribution < -0.4 is 4.72 Å². The highest BCUT2D eigenvalue weighted by atomic mass is 32.2. The van der Waals surface area contributed by atoms with E-state index in [1.165, 1.54) is 11.9 Å². The molecule has 1 aliphatic rings. The van der Waals surface area contributed by atoms with E-state index in [-0.39, 0.29) is 24.5 Å². The number of aliphatic hydroxyl groups is 1. The summed E-state index contributed by atoms with van der Waals surface area (Å²) in [6.45, 7) is 9.58. The highest BCUT2D eigenvalue weighted by molar-refractivity contribution is 8.00. The quantitative estimate of drug-likeness (QED) is 0.112. The van der Waals surface area contributed by atoms with E-state index in [1.54, 1.807) is 15.6 Å². The monoisotopic (exact) mass is 706 g/mol. The molecular weight excluding hydrogens is 661 g/mol. The molecule has 51 heavy (non-hydrogen) atoms. The normalized spacial score (nSPS) is 14.0. The van der Waals surface area contributed by atoms with E-state index in [9.17, 15) is 14.7 Å². The van der Waals surface area contributed by atoms with Gasteiger partial charge in [0.2, 0.25) is 0 Å². The Labute approximate surface area is 304 Å². The first-order valence-corrected chi connectivity index (χ1v) is 18.6. The largest absolute Gasteiger partial charge is 0.394 e. The molecule has 2 aromatic heterocycles. The Morgan fingerprint density at radius 2 is 1.67 bits per heavy atom. The van der Waals surface area contributed by atoms with Crippen molar-refractivity contribution in [2.75, 3.05) is 24.4 Å². The van der Waals surface area contributed by atoms with Gasteiger partial charge < -0.3 is 24.2 Å². The van der Waals surface area contributed by atoms with Crippen LogP contribution in [0.25, 0.3) is 16.9 Å². The van der Waals surface area contributed by atoms with Crippen molar-refractivity contribution in [3.8, 4) is 16.9 Å². The molecule has 1 atom stereocenters. The number of anilines is 1. The standard InChI is InChI=1S/C40H46N6O4S/c1-5-7-20-44(21-8-6-2)40(49)35-22-27(3)46(41-35)36-19-18-32(43-51-38-28(4)50-42-37(38)29-14-10-9-11-15-29)24-34(36)39(48)45-25-31-17-13-12-16-30(31)23-33(45)26-47/h9-19,22,24,33,43,47H,5-8,20-21,23,25-26H2,1-4H3/t33-/m0/s1. The first-order valence-electron chi connectivity index (χ1n) is 17.8. The van der Waals surface area contributed by atoms with E-state index in [0.717, 1.165) is 58.7 Å². The van der Waals surface area contributed by atoms with Crippen LogP contribution in [0.4, 0.5) is 5.69 Å². The predicted molar refractivity (Wildman–Crippen MR) is 201 cm³/mol. The van der Waals surface area contributed by atoms with E-state index in [0.29, 0.717) is 54.4 Å². The summed E-state index contributed by atoms with van der Waals surface area (Å²) >= 11 is 1.37. The lowest BCUT2D eigenvalue weighted by atomic mass is 9.93. The van der Waals surface area contributed by atoms with Crippen LogP contribution in [0, 0.1) is 13.8 Å². The smallest absolute Gasteiger partial charge is 0.274 e. The van der Waals surface area contributed by atoms with Crippen molar-refractivity contribution in [2.45, 2.75) is 77.3 Å². The summed E-state index contributed by atoms with van der Waals surface area (Å²) in [5.74, 6) is 0.342. The van der Waals surface area contributed by atoms with Gasteiger partial charge in [0.05, 0.1) is 28.8 Å².